The van der Waals surface area contributed by atoms with Gasteiger partial charge in [0.25, 0.3) is 11.8 Å². The van der Waals surface area contributed by atoms with Crippen molar-refractivity contribution in [1.82, 2.24) is 10.6 Å². The van der Waals surface area contributed by atoms with E-state index in [1.807, 2.05) is 18.2 Å². The molecule has 4 rings (SSSR count). The highest BCUT2D eigenvalue weighted by Crippen LogP contribution is 2.32. The Morgan fingerprint density at radius 1 is 1.04 bits per heavy atom. The van der Waals surface area contributed by atoms with E-state index in [0.29, 0.717) is 29.0 Å². The van der Waals surface area contributed by atoms with E-state index in [9.17, 15) is 9.59 Å². The summed E-state index contributed by atoms with van der Waals surface area (Å²) in [6.45, 7) is 0.737. The topological polar surface area (TPSA) is 76.7 Å². The molecular formula is C18H13BrN2O4. The van der Waals surface area contributed by atoms with Crippen molar-refractivity contribution in [3.63, 3.8) is 0 Å². The van der Waals surface area contributed by atoms with Gasteiger partial charge < -0.3 is 14.8 Å². The number of nitrogens with one attached hydrogen (secondary N) is 2. The highest BCUT2D eigenvalue weighted by Gasteiger charge is 2.27. The average molecular weight is 401 g/mol. The standard InChI is InChI=1S/C18H13BrN2O4/c19-11-2-3-12-13(6-11)14(18(23)21-17(12)22)8-20-7-10-1-4-15-16(5-10)25-9-24-15/h1-6,8,20H,7,9H2,(H,21,22,23). The summed E-state index contributed by atoms with van der Waals surface area (Å²) in [6.07, 6.45) is 1.62. The largest absolute Gasteiger partial charge is 0.454 e. The van der Waals surface area contributed by atoms with Gasteiger partial charge in [-0.15, -0.1) is 0 Å². The molecule has 2 aliphatic rings. The molecule has 2 aliphatic heterocycles. The van der Waals surface area contributed by atoms with E-state index in [0.717, 1.165) is 15.8 Å². The lowest BCUT2D eigenvalue weighted by molar-refractivity contribution is -0.114. The van der Waals surface area contributed by atoms with Crippen molar-refractivity contribution < 1.29 is 19.1 Å². The first-order valence-electron chi connectivity index (χ1n) is 7.59. The Morgan fingerprint density at radius 2 is 1.88 bits per heavy atom. The van der Waals surface area contributed by atoms with Gasteiger partial charge >= 0.3 is 0 Å². The van der Waals surface area contributed by atoms with Crippen molar-refractivity contribution >= 4 is 33.3 Å². The second-order valence-electron chi connectivity index (χ2n) is 5.60. The van der Waals surface area contributed by atoms with Gasteiger partial charge in [0.05, 0.1) is 5.57 Å². The number of carbonyl (C=O) groups is 2. The summed E-state index contributed by atoms with van der Waals surface area (Å²) in [4.78, 5) is 24.1. The Balaban J connectivity index is 1.57. The molecule has 6 nitrogen and oxygen atoms in total. The molecule has 2 aromatic carbocycles. The molecule has 0 aromatic heterocycles. The molecule has 126 valence electrons. The van der Waals surface area contributed by atoms with Crippen LogP contribution in [0.1, 0.15) is 21.5 Å². The van der Waals surface area contributed by atoms with E-state index >= 15 is 0 Å². The quantitative estimate of drug-likeness (QED) is 0.611. The van der Waals surface area contributed by atoms with Gasteiger partial charge in [-0.05, 0) is 35.9 Å². The molecule has 0 saturated heterocycles. The van der Waals surface area contributed by atoms with Crippen molar-refractivity contribution in [1.29, 1.82) is 0 Å². The van der Waals surface area contributed by atoms with E-state index in [2.05, 4.69) is 26.6 Å². The first kappa shape index (κ1) is 15.7. The number of hydrogen-bond donors (Lipinski definition) is 2. The van der Waals surface area contributed by atoms with Gasteiger partial charge in [-0.3, -0.25) is 14.9 Å². The van der Waals surface area contributed by atoms with E-state index in [-0.39, 0.29) is 12.7 Å². The first-order chi connectivity index (χ1) is 12.1. The number of fused-ring (bicyclic) bond motifs is 2. The highest BCUT2D eigenvalue weighted by atomic mass is 79.9. The maximum Gasteiger partial charge on any atom is 0.260 e. The lowest BCUT2D eigenvalue weighted by Gasteiger charge is -2.18. The molecule has 25 heavy (non-hydrogen) atoms. The predicted molar refractivity (Wildman–Crippen MR) is 94.0 cm³/mol. The van der Waals surface area contributed by atoms with E-state index in [4.69, 9.17) is 9.47 Å². The van der Waals surface area contributed by atoms with Crippen molar-refractivity contribution in [2.24, 2.45) is 0 Å². The summed E-state index contributed by atoms with van der Waals surface area (Å²) in [7, 11) is 0. The fourth-order valence-corrected chi connectivity index (χ4v) is 3.12. The Kier molecular flexibility index (Phi) is 3.93. The van der Waals surface area contributed by atoms with Crippen molar-refractivity contribution in [3.05, 3.63) is 63.8 Å². The van der Waals surface area contributed by atoms with Crippen LogP contribution in [0.25, 0.3) is 5.57 Å². The van der Waals surface area contributed by atoms with Crippen molar-refractivity contribution in [2.75, 3.05) is 6.79 Å². The van der Waals surface area contributed by atoms with Crippen LogP contribution in [-0.4, -0.2) is 18.6 Å². The van der Waals surface area contributed by atoms with E-state index in [1.165, 1.54) is 0 Å². The molecule has 2 amide bonds. The molecule has 0 spiro atoms. The number of carbonyl (C=O) groups excluding carboxylic acids is 2. The fourth-order valence-electron chi connectivity index (χ4n) is 2.76. The third kappa shape index (κ3) is 2.98. The minimum absolute atomic E-state index is 0.232. The number of amides is 2. The monoisotopic (exact) mass is 400 g/mol. The summed E-state index contributed by atoms with van der Waals surface area (Å²) in [5.74, 6) is 0.627. The summed E-state index contributed by atoms with van der Waals surface area (Å²) >= 11 is 3.37. The molecule has 0 fully saturated rings. The SMILES string of the molecule is O=C1NC(=O)c2ccc(Br)cc2C1=CNCc1ccc2c(c1)OCO2. The summed E-state index contributed by atoms with van der Waals surface area (Å²) in [6, 6.07) is 10.9. The van der Waals surface area contributed by atoms with Gasteiger partial charge in [-0.2, -0.15) is 0 Å². The first-order valence-corrected chi connectivity index (χ1v) is 8.39. The Bertz CT molecular complexity index is 923. The zero-order valence-corrected chi connectivity index (χ0v) is 14.6. The molecule has 2 N–H and O–H groups in total. The van der Waals surface area contributed by atoms with Crippen LogP contribution in [0.5, 0.6) is 11.5 Å². The van der Waals surface area contributed by atoms with Crippen molar-refractivity contribution in [3.8, 4) is 11.5 Å². The summed E-state index contributed by atoms with van der Waals surface area (Å²) in [5, 5.41) is 5.47. The van der Waals surface area contributed by atoms with Crippen LogP contribution < -0.4 is 20.1 Å². The minimum Gasteiger partial charge on any atom is -0.454 e. The predicted octanol–water partition coefficient (Wildman–Crippen LogP) is 2.58. The van der Waals surface area contributed by atoms with Crippen LogP contribution in [0.2, 0.25) is 0 Å². The van der Waals surface area contributed by atoms with Gasteiger partial charge in [0.2, 0.25) is 6.79 Å². The van der Waals surface area contributed by atoms with Gasteiger partial charge in [0.15, 0.2) is 11.5 Å². The zero-order chi connectivity index (χ0) is 17.4. The molecule has 2 aromatic rings. The Morgan fingerprint density at radius 3 is 2.76 bits per heavy atom. The van der Waals surface area contributed by atoms with Crippen LogP contribution in [0.4, 0.5) is 0 Å². The number of benzene rings is 2. The van der Waals surface area contributed by atoms with E-state index < -0.39 is 5.91 Å². The second kappa shape index (κ2) is 6.25. The molecule has 0 aliphatic carbocycles. The fraction of sp³-hybridized carbons (Fsp3) is 0.111. The minimum atomic E-state index is -0.422. The summed E-state index contributed by atoms with van der Waals surface area (Å²) in [5.41, 5.74) is 2.47. The second-order valence-corrected chi connectivity index (χ2v) is 6.52. The van der Waals surface area contributed by atoms with E-state index in [1.54, 1.807) is 24.4 Å². The lowest BCUT2D eigenvalue weighted by Crippen LogP contribution is -2.37. The molecule has 0 bridgehead atoms. The molecule has 0 unspecified atom stereocenters. The molecule has 0 radical (unpaired) electrons. The molecule has 0 atom stereocenters. The third-order valence-electron chi connectivity index (χ3n) is 3.98. The molecule has 2 heterocycles. The van der Waals surface area contributed by atoms with Gasteiger partial charge in [0, 0.05) is 28.3 Å². The van der Waals surface area contributed by atoms with Crippen LogP contribution in [-0.2, 0) is 11.3 Å². The third-order valence-corrected chi connectivity index (χ3v) is 4.47. The van der Waals surface area contributed by atoms with Crippen LogP contribution >= 0.6 is 15.9 Å². The normalized spacial score (nSPS) is 16.6. The van der Waals surface area contributed by atoms with Gasteiger partial charge in [-0.25, -0.2) is 0 Å². The van der Waals surface area contributed by atoms with Crippen LogP contribution in [0.3, 0.4) is 0 Å². The zero-order valence-electron chi connectivity index (χ0n) is 13.0. The maximum atomic E-state index is 12.2. The van der Waals surface area contributed by atoms with Crippen LogP contribution in [0, 0.1) is 0 Å². The number of rotatable bonds is 3. The highest BCUT2D eigenvalue weighted by molar-refractivity contribution is 9.10. The smallest absolute Gasteiger partial charge is 0.260 e. The lowest BCUT2D eigenvalue weighted by atomic mass is 9.95. The van der Waals surface area contributed by atoms with Crippen LogP contribution in [0.15, 0.2) is 47.1 Å². The molecule has 7 heteroatoms. The summed E-state index contributed by atoms with van der Waals surface area (Å²) < 4.78 is 11.4. The Labute approximate surface area is 151 Å². The number of halogens is 1. The molecule has 0 saturated carbocycles. The van der Waals surface area contributed by atoms with Gasteiger partial charge in [0.1, 0.15) is 0 Å². The molecular weight excluding hydrogens is 388 g/mol. The van der Waals surface area contributed by atoms with Crippen molar-refractivity contribution in [2.45, 2.75) is 6.54 Å². The Hall–Kier alpha value is -2.80. The number of imide groups is 1. The van der Waals surface area contributed by atoms with Gasteiger partial charge in [-0.1, -0.05) is 22.0 Å². The number of hydrogen-bond acceptors (Lipinski definition) is 5. The maximum absolute atomic E-state index is 12.2. The number of ether oxygens (including phenoxy) is 2. The average Bonchev–Trinajstić information content (AvgIpc) is 3.05.